The summed E-state index contributed by atoms with van der Waals surface area (Å²) in [6.07, 6.45) is 3.59. The number of ether oxygens (including phenoxy) is 2. The highest BCUT2D eigenvalue weighted by Crippen LogP contribution is 2.31. The van der Waals surface area contributed by atoms with Crippen LogP contribution in [0.15, 0.2) is 35.1 Å². The van der Waals surface area contributed by atoms with E-state index in [1.54, 1.807) is 26.5 Å². The summed E-state index contributed by atoms with van der Waals surface area (Å²) in [6.45, 7) is 2.72. The Bertz CT molecular complexity index is 1150. The van der Waals surface area contributed by atoms with Crippen molar-refractivity contribution in [3.63, 3.8) is 0 Å². The van der Waals surface area contributed by atoms with Crippen molar-refractivity contribution in [2.75, 3.05) is 25.3 Å². The molecule has 29 heavy (non-hydrogen) atoms. The van der Waals surface area contributed by atoms with E-state index in [1.165, 1.54) is 0 Å². The van der Waals surface area contributed by atoms with Gasteiger partial charge in [-0.2, -0.15) is 4.98 Å². The average Bonchev–Trinajstić information content (AvgIpc) is 3.31. The van der Waals surface area contributed by atoms with Gasteiger partial charge in [-0.3, -0.25) is 4.98 Å². The van der Waals surface area contributed by atoms with Gasteiger partial charge in [-0.05, 0) is 13.0 Å². The van der Waals surface area contributed by atoms with Crippen LogP contribution in [0.1, 0.15) is 17.1 Å². The van der Waals surface area contributed by atoms with Gasteiger partial charge < -0.3 is 29.6 Å². The third-order valence-corrected chi connectivity index (χ3v) is 4.43. The second-order valence-electron chi connectivity index (χ2n) is 6.38. The highest BCUT2D eigenvalue weighted by Gasteiger charge is 2.16. The Labute approximate surface area is 166 Å². The Balaban J connectivity index is 1.71. The van der Waals surface area contributed by atoms with Gasteiger partial charge in [0.25, 0.3) is 0 Å². The van der Waals surface area contributed by atoms with E-state index in [0.717, 1.165) is 28.2 Å². The number of pyridine rings is 1. The highest BCUT2D eigenvalue weighted by molar-refractivity contribution is 5.87. The summed E-state index contributed by atoms with van der Waals surface area (Å²) < 4.78 is 18.0. The predicted molar refractivity (Wildman–Crippen MR) is 107 cm³/mol. The summed E-state index contributed by atoms with van der Waals surface area (Å²) in [7, 11) is 3.18. The van der Waals surface area contributed by atoms with Crippen molar-refractivity contribution in [1.29, 1.82) is 0 Å². The van der Waals surface area contributed by atoms with Crippen LogP contribution < -0.4 is 20.5 Å². The van der Waals surface area contributed by atoms with Gasteiger partial charge >= 0.3 is 0 Å². The molecule has 10 nitrogen and oxygen atoms in total. The molecule has 0 atom stereocenters. The molecule has 0 aliphatic carbocycles. The van der Waals surface area contributed by atoms with Crippen molar-refractivity contribution in [3.8, 4) is 11.5 Å². The summed E-state index contributed by atoms with van der Waals surface area (Å²) >= 11 is 0. The number of nitrogens with one attached hydrogen (secondary N) is 1. The first kappa shape index (κ1) is 18.5. The Morgan fingerprint density at radius 1 is 1.21 bits per heavy atom. The molecule has 0 saturated heterocycles. The standard InChI is InChI=1S/C19H21N7O3/c1-11-8-12(25-29-11)9-22-18-16-13(23-19(20)24-18)5-7-26(16)10-14-17(28-3)15(27-2)4-6-21-14/h4-8H,9-10H2,1-3H3,(H3,20,22,23,24). The molecular formula is C19H21N7O3. The van der Waals surface area contributed by atoms with Crippen molar-refractivity contribution in [3.05, 3.63) is 47.7 Å². The van der Waals surface area contributed by atoms with Crippen molar-refractivity contribution in [2.24, 2.45) is 0 Å². The fourth-order valence-corrected chi connectivity index (χ4v) is 3.18. The maximum absolute atomic E-state index is 5.89. The van der Waals surface area contributed by atoms with Crippen molar-refractivity contribution in [2.45, 2.75) is 20.0 Å². The fraction of sp³-hybridized carbons (Fsp3) is 0.263. The molecule has 0 aromatic carbocycles. The van der Waals surface area contributed by atoms with E-state index in [4.69, 9.17) is 19.7 Å². The minimum Gasteiger partial charge on any atom is -0.493 e. The van der Waals surface area contributed by atoms with Gasteiger partial charge in [0.2, 0.25) is 5.95 Å². The molecule has 0 fully saturated rings. The molecule has 4 heterocycles. The van der Waals surface area contributed by atoms with Gasteiger partial charge in [0.1, 0.15) is 22.7 Å². The predicted octanol–water partition coefficient (Wildman–Crippen LogP) is 2.38. The van der Waals surface area contributed by atoms with Crippen LogP contribution in [0.5, 0.6) is 11.5 Å². The number of aryl methyl sites for hydroxylation is 1. The van der Waals surface area contributed by atoms with Gasteiger partial charge in [-0.1, -0.05) is 5.16 Å². The number of nitrogens with zero attached hydrogens (tertiary/aromatic N) is 5. The molecule has 3 N–H and O–H groups in total. The zero-order chi connectivity index (χ0) is 20.4. The minimum absolute atomic E-state index is 0.186. The molecule has 0 aliphatic heterocycles. The first-order valence-electron chi connectivity index (χ1n) is 8.93. The largest absolute Gasteiger partial charge is 0.493 e. The van der Waals surface area contributed by atoms with Crippen LogP contribution in [0.3, 0.4) is 0 Å². The lowest BCUT2D eigenvalue weighted by Gasteiger charge is -2.14. The Kier molecular flexibility index (Phi) is 4.90. The topological polar surface area (TPSA) is 126 Å². The lowest BCUT2D eigenvalue weighted by molar-refractivity contribution is 0.348. The first-order valence-corrected chi connectivity index (χ1v) is 8.93. The lowest BCUT2D eigenvalue weighted by Crippen LogP contribution is -2.09. The van der Waals surface area contributed by atoms with Gasteiger partial charge in [-0.25, -0.2) is 4.98 Å². The van der Waals surface area contributed by atoms with Crippen LogP contribution in [0.2, 0.25) is 0 Å². The maximum Gasteiger partial charge on any atom is 0.222 e. The summed E-state index contributed by atoms with van der Waals surface area (Å²) in [5, 5.41) is 7.26. The van der Waals surface area contributed by atoms with E-state index < -0.39 is 0 Å². The summed E-state index contributed by atoms with van der Waals surface area (Å²) in [6, 6.07) is 5.50. The van der Waals surface area contributed by atoms with Gasteiger partial charge in [0.05, 0.1) is 32.8 Å². The molecule has 0 aliphatic rings. The second kappa shape index (κ2) is 7.66. The average molecular weight is 395 g/mol. The number of rotatable bonds is 7. The van der Waals surface area contributed by atoms with Crippen LogP contribution in [-0.4, -0.2) is 38.9 Å². The van der Waals surface area contributed by atoms with Crippen LogP contribution >= 0.6 is 0 Å². The molecule has 10 heteroatoms. The number of fused-ring (bicyclic) bond motifs is 1. The molecule has 0 amide bonds. The normalized spacial score (nSPS) is 11.0. The van der Waals surface area contributed by atoms with Crippen LogP contribution in [-0.2, 0) is 13.1 Å². The number of methoxy groups -OCH3 is 2. The van der Waals surface area contributed by atoms with Gasteiger partial charge in [0.15, 0.2) is 17.3 Å². The third kappa shape index (κ3) is 3.64. The van der Waals surface area contributed by atoms with E-state index in [0.29, 0.717) is 30.4 Å². The summed E-state index contributed by atoms with van der Waals surface area (Å²) in [5.74, 6) is 2.73. The van der Waals surface area contributed by atoms with Crippen LogP contribution in [0, 0.1) is 6.92 Å². The number of nitrogen functional groups attached to an aromatic ring is 1. The molecule has 0 spiro atoms. The van der Waals surface area contributed by atoms with E-state index in [9.17, 15) is 0 Å². The zero-order valence-corrected chi connectivity index (χ0v) is 16.3. The minimum atomic E-state index is 0.186. The third-order valence-electron chi connectivity index (χ3n) is 4.43. The molecule has 4 aromatic rings. The zero-order valence-electron chi connectivity index (χ0n) is 16.3. The number of nitrogens with two attached hydrogens (primary N) is 1. The van der Waals surface area contributed by atoms with E-state index in [1.807, 2.05) is 29.8 Å². The van der Waals surface area contributed by atoms with E-state index >= 15 is 0 Å². The molecule has 4 rings (SSSR count). The maximum atomic E-state index is 5.89. The van der Waals surface area contributed by atoms with Crippen molar-refractivity contribution in [1.82, 2.24) is 24.7 Å². The molecule has 4 aromatic heterocycles. The smallest absolute Gasteiger partial charge is 0.222 e. The fourth-order valence-electron chi connectivity index (χ4n) is 3.18. The number of anilines is 2. The summed E-state index contributed by atoms with van der Waals surface area (Å²) in [4.78, 5) is 13.2. The van der Waals surface area contributed by atoms with Crippen molar-refractivity contribution >= 4 is 22.8 Å². The number of hydrogen-bond acceptors (Lipinski definition) is 9. The molecule has 0 radical (unpaired) electrons. The van der Waals surface area contributed by atoms with Crippen molar-refractivity contribution < 1.29 is 14.0 Å². The summed E-state index contributed by atoms with van der Waals surface area (Å²) in [5.41, 5.74) is 8.89. The van der Waals surface area contributed by atoms with E-state index in [2.05, 4.69) is 25.4 Å². The van der Waals surface area contributed by atoms with Crippen LogP contribution in [0.25, 0.3) is 11.0 Å². The Hall–Kier alpha value is -3.82. The number of aromatic nitrogens is 5. The quantitative estimate of drug-likeness (QED) is 0.485. The molecule has 0 saturated carbocycles. The Morgan fingerprint density at radius 3 is 2.79 bits per heavy atom. The monoisotopic (exact) mass is 395 g/mol. The Morgan fingerprint density at radius 2 is 2.07 bits per heavy atom. The highest BCUT2D eigenvalue weighted by atomic mass is 16.5. The van der Waals surface area contributed by atoms with Gasteiger partial charge in [0, 0.05) is 24.5 Å². The molecule has 0 bridgehead atoms. The first-order chi connectivity index (χ1) is 14.1. The molecule has 150 valence electrons. The number of hydrogen-bond donors (Lipinski definition) is 2. The van der Waals surface area contributed by atoms with E-state index in [-0.39, 0.29) is 5.95 Å². The van der Waals surface area contributed by atoms with Crippen LogP contribution in [0.4, 0.5) is 11.8 Å². The molecular weight excluding hydrogens is 374 g/mol. The SMILES string of the molecule is COc1ccnc(Cn2ccc3nc(N)nc(NCc4cc(C)on4)c32)c1OC. The molecule has 0 unspecified atom stereocenters. The second-order valence-corrected chi connectivity index (χ2v) is 6.38. The van der Waals surface area contributed by atoms with Gasteiger partial charge in [-0.15, -0.1) is 0 Å². The lowest BCUT2D eigenvalue weighted by atomic mass is 10.3.